The van der Waals surface area contributed by atoms with Crippen LogP contribution in [0.1, 0.15) is 50.6 Å². The van der Waals surface area contributed by atoms with Gasteiger partial charge in [-0.15, -0.1) is 0 Å². The first-order valence-corrected chi connectivity index (χ1v) is 13.3. The van der Waals surface area contributed by atoms with Crippen LogP contribution in [-0.4, -0.2) is 51.5 Å². The van der Waals surface area contributed by atoms with E-state index in [0.29, 0.717) is 11.8 Å². The number of fused-ring (bicyclic) bond motifs is 5. The Morgan fingerprint density at radius 3 is 2.65 bits per heavy atom. The van der Waals surface area contributed by atoms with E-state index in [1.165, 1.54) is 37.5 Å². The number of hydrogen-bond donors (Lipinski definition) is 1. The third kappa shape index (κ3) is 3.27. The quantitative estimate of drug-likeness (QED) is 0.544. The summed E-state index contributed by atoms with van der Waals surface area (Å²) < 4.78 is 57.5. The van der Waals surface area contributed by atoms with Crippen molar-refractivity contribution in [3.8, 4) is 0 Å². The third-order valence-corrected chi connectivity index (χ3v) is 10.3. The van der Waals surface area contributed by atoms with Gasteiger partial charge in [0.15, 0.2) is 17.1 Å². The lowest BCUT2D eigenvalue weighted by atomic mass is 9.44. The number of carbonyl (C=O) groups excluding carboxylic acids is 3. The highest BCUT2D eigenvalue weighted by Gasteiger charge is 2.78. The SMILES string of the molecule is C[C@H]1C[C@@H]2[C@@H]3C[C@@H](F)C4=CC(=O)C=C[C@]4(C)[C@]3(F)[C@@H](O)C[C@]2(C)[C@@]1(OC(=O)c1ccco1)C(=O)SCF. The Labute approximate surface area is 216 Å². The van der Waals surface area contributed by atoms with E-state index in [9.17, 15) is 23.9 Å². The maximum atomic E-state index is 17.4. The molecule has 37 heavy (non-hydrogen) atoms. The zero-order valence-electron chi connectivity index (χ0n) is 20.7. The van der Waals surface area contributed by atoms with Crippen LogP contribution >= 0.6 is 11.8 Å². The first kappa shape index (κ1) is 26.3. The first-order valence-electron chi connectivity index (χ1n) is 12.3. The van der Waals surface area contributed by atoms with Crippen molar-refractivity contribution in [2.75, 3.05) is 6.01 Å². The molecular weight excluding hydrogens is 509 g/mol. The fourth-order valence-electron chi connectivity index (χ4n) is 7.97. The fourth-order valence-corrected chi connectivity index (χ4v) is 8.76. The molecule has 3 saturated carbocycles. The number of rotatable bonds is 4. The van der Waals surface area contributed by atoms with E-state index in [-0.39, 0.29) is 30.6 Å². The second-order valence-corrected chi connectivity index (χ2v) is 12.0. The van der Waals surface area contributed by atoms with Gasteiger partial charge >= 0.3 is 5.97 Å². The molecule has 4 aliphatic carbocycles. The summed E-state index contributed by atoms with van der Waals surface area (Å²) in [4.78, 5) is 38.7. The minimum absolute atomic E-state index is 0.00739. The predicted molar refractivity (Wildman–Crippen MR) is 129 cm³/mol. The highest BCUT2D eigenvalue weighted by Crippen LogP contribution is 2.72. The number of esters is 1. The van der Waals surface area contributed by atoms with Crippen molar-refractivity contribution in [3.63, 3.8) is 0 Å². The number of furan rings is 1. The molecule has 4 aliphatic rings. The van der Waals surface area contributed by atoms with E-state index < -0.39 is 75.0 Å². The number of thioether (sulfide) groups is 1. The van der Waals surface area contributed by atoms with Gasteiger partial charge in [-0.2, -0.15) is 0 Å². The highest BCUT2D eigenvalue weighted by atomic mass is 32.2. The van der Waals surface area contributed by atoms with Crippen LogP contribution in [0.5, 0.6) is 0 Å². The van der Waals surface area contributed by atoms with E-state index in [2.05, 4.69) is 0 Å². The molecule has 0 aliphatic heterocycles. The fraction of sp³-hybridized carbons (Fsp3) is 0.593. The summed E-state index contributed by atoms with van der Waals surface area (Å²) >= 11 is 0.352. The number of aliphatic hydroxyl groups is 1. The van der Waals surface area contributed by atoms with Gasteiger partial charge < -0.3 is 14.3 Å². The second kappa shape index (κ2) is 8.59. The average Bonchev–Trinajstić information content (AvgIpc) is 3.45. The summed E-state index contributed by atoms with van der Waals surface area (Å²) in [6.45, 7) is 4.79. The zero-order chi connectivity index (χ0) is 27.0. The van der Waals surface area contributed by atoms with Gasteiger partial charge in [-0.05, 0) is 73.7 Å². The molecule has 0 radical (unpaired) electrons. The van der Waals surface area contributed by atoms with Crippen LogP contribution in [0.3, 0.4) is 0 Å². The monoisotopic (exact) mass is 538 g/mol. The molecule has 0 amide bonds. The van der Waals surface area contributed by atoms with Gasteiger partial charge in [0.2, 0.25) is 10.9 Å². The van der Waals surface area contributed by atoms with E-state index in [1.807, 2.05) is 0 Å². The third-order valence-electron chi connectivity index (χ3n) is 9.63. The van der Waals surface area contributed by atoms with Gasteiger partial charge in [0.05, 0.1) is 12.4 Å². The molecule has 6 nitrogen and oxygen atoms in total. The first-order chi connectivity index (χ1) is 17.4. The summed E-state index contributed by atoms with van der Waals surface area (Å²) in [5, 5.41) is 10.7. The molecule has 0 unspecified atom stereocenters. The lowest BCUT2D eigenvalue weighted by molar-refractivity contribution is -0.221. The molecule has 1 N–H and O–H groups in total. The lowest BCUT2D eigenvalue weighted by Gasteiger charge is -2.63. The Balaban J connectivity index is 1.64. The van der Waals surface area contributed by atoms with Gasteiger partial charge in [-0.3, -0.25) is 9.59 Å². The Morgan fingerprint density at radius 1 is 1.27 bits per heavy atom. The van der Waals surface area contributed by atoms with E-state index in [0.717, 1.165) is 6.08 Å². The topological polar surface area (TPSA) is 93.8 Å². The molecule has 5 rings (SSSR count). The van der Waals surface area contributed by atoms with E-state index in [1.54, 1.807) is 13.8 Å². The summed E-state index contributed by atoms with van der Waals surface area (Å²) in [5.41, 5.74) is -7.19. The average molecular weight is 539 g/mol. The van der Waals surface area contributed by atoms with Crippen molar-refractivity contribution in [2.24, 2.45) is 28.6 Å². The molecule has 1 aromatic rings. The van der Waals surface area contributed by atoms with E-state index >= 15 is 8.78 Å². The number of halogens is 3. The number of allylic oxidation sites excluding steroid dienone is 4. The molecular formula is C27H29F3O6S. The maximum Gasteiger partial charge on any atom is 0.375 e. The molecule has 10 heteroatoms. The molecule has 1 heterocycles. The van der Waals surface area contributed by atoms with Gasteiger partial charge in [-0.25, -0.2) is 18.0 Å². The standard InChI is InChI=1S/C27H29F3O6S/c1-14-9-16-17-11-19(29)18-10-15(31)6-7-24(18,2)26(17,30)21(32)12-25(16,3)27(14,23(34)37-13-28)36-22(33)20-5-4-8-35-20/h4-8,10,14,16-17,19,21,32H,9,11-13H2,1-3H3/t14-,16+,17-,19+,21-,24-,25-,26+,27-/m0/s1. The largest absolute Gasteiger partial charge is 0.457 e. The molecule has 9 atom stereocenters. The van der Waals surface area contributed by atoms with Crippen molar-refractivity contribution < 1.29 is 41.8 Å². The minimum atomic E-state index is -2.35. The van der Waals surface area contributed by atoms with Gasteiger partial charge in [0.1, 0.15) is 12.2 Å². The normalized spacial score (nSPS) is 44.5. The maximum absolute atomic E-state index is 17.4. The van der Waals surface area contributed by atoms with Crippen molar-refractivity contribution in [1.82, 2.24) is 0 Å². The number of aliphatic hydroxyl groups excluding tert-OH is 1. The van der Waals surface area contributed by atoms with Crippen molar-refractivity contribution in [1.29, 1.82) is 0 Å². The van der Waals surface area contributed by atoms with Crippen LogP contribution < -0.4 is 0 Å². The smallest absolute Gasteiger partial charge is 0.375 e. The van der Waals surface area contributed by atoms with Crippen LogP contribution in [0.25, 0.3) is 0 Å². The Hall–Kier alpha value is -2.33. The summed E-state index contributed by atoms with van der Waals surface area (Å²) in [6, 6.07) is 1.78. The van der Waals surface area contributed by atoms with Gasteiger partial charge in [-0.1, -0.05) is 19.9 Å². The molecule has 0 aromatic carbocycles. The minimum Gasteiger partial charge on any atom is -0.457 e. The molecule has 3 fully saturated rings. The van der Waals surface area contributed by atoms with Crippen molar-refractivity contribution in [2.45, 2.75) is 63.6 Å². The second-order valence-electron chi connectivity index (χ2n) is 11.1. The summed E-state index contributed by atoms with van der Waals surface area (Å²) in [7, 11) is 0. The number of ketones is 1. The Kier molecular flexibility index (Phi) is 6.10. The van der Waals surface area contributed by atoms with Crippen molar-refractivity contribution >= 4 is 28.6 Å². The van der Waals surface area contributed by atoms with Gasteiger partial charge in [0, 0.05) is 22.7 Å². The molecule has 0 saturated heterocycles. The zero-order valence-corrected chi connectivity index (χ0v) is 21.5. The molecule has 0 bridgehead atoms. The van der Waals surface area contributed by atoms with Crippen LogP contribution in [0, 0.1) is 28.6 Å². The van der Waals surface area contributed by atoms with E-state index in [4.69, 9.17) is 9.15 Å². The Morgan fingerprint density at radius 2 is 2.00 bits per heavy atom. The lowest BCUT2D eigenvalue weighted by Crippen LogP contribution is -2.70. The Bertz CT molecular complexity index is 1200. The highest BCUT2D eigenvalue weighted by molar-refractivity contribution is 8.13. The van der Waals surface area contributed by atoms with Crippen molar-refractivity contribution in [3.05, 3.63) is 48.0 Å². The number of alkyl halides is 3. The molecule has 200 valence electrons. The number of hydrogen-bond acceptors (Lipinski definition) is 7. The molecule has 0 spiro atoms. The van der Waals surface area contributed by atoms with Gasteiger partial charge in [0.25, 0.3) is 0 Å². The number of ether oxygens (including phenoxy) is 1. The van der Waals surface area contributed by atoms with Crippen LogP contribution in [0.2, 0.25) is 0 Å². The predicted octanol–water partition coefficient (Wildman–Crippen LogP) is 4.93. The summed E-state index contributed by atoms with van der Waals surface area (Å²) in [6.07, 6.45) is 1.16. The van der Waals surface area contributed by atoms with Crippen LogP contribution in [0.15, 0.2) is 46.6 Å². The molecule has 1 aromatic heterocycles. The summed E-state index contributed by atoms with van der Waals surface area (Å²) in [5.74, 6) is -3.98. The van der Waals surface area contributed by atoms with Crippen LogP contribution in [0.4, 0.5) is 13.2 Å². The number of carbonyl (C=O) groups is 3. The van der Waals surface area contributed by atoms with Crippen LogP contribution in [-0.2, 0) is 14.3 Å².